The van der Waals surface area contributed by atoms with Crippen LogP contribution in [0.25, 0.3) is 0 Å². The van der Waals surface area contributed by atoms with Gasteiger partial charge >= 0.3 is 35.8 Å². The van der Waals surface area contributed by atoms with Crippen molar-refractivity contribution >= 4 is 35.8 Å². The predicted octanol–water partition coefficient (Wildman–Crippen LogP) is 1.11. The third-order valence-corrected chi connectivity index (χ3v) is 4.44. The van der Waals surface area contributed by atoms with E-state index in [9.17, 15) is 28.8 Å². The van der Waals surface area contributed by atoms with Crippen molar-refractivity contribution in [2.45, 2.75) is 97.4 Å². The highest BCUT2D eigenvalue weighted by molar-refractivity contribution is 5.88. The molecule has 5 atom stereocenters. The maximum Gasteiger partial charge on any atom is 0.347 e. The molecule has 0 spiro atoms. The summed E-state index contributed by atoms with van der Waals surface area (Å²) in [6.07, 6.45) is -8.90. The molecule has 0 aromatic rings. The van der Waals surface area contributed by atoms with Crippen LogP contribution in [0.1, 0.15) is 66.7 Å². The Bertz CT molecular complexity index is 746. The molecule has 1 aliphatic rings. The number of esters is 6. The Morgan fingerprint density at radius 2 is 0.939 bits per heavy atom. The molecule has 12 nitrogen and oxygen atoms in total. The van der Waals surface area contributed by atoms with Gasteiger partial charge in [0.25, 0.3) is 0 Å². The molecule has 33 heavy (non-hydrogen) atoms. The second-order valence-electron chi connectivity index (χ2n) is 6.84. The van der Waals surface area contributed by atoms with Crippen molar-refractivity contribution in [3.63, 3.8) is 0 Å². The standard InChI is InChI=1S/C21H30O12/c1-6-11(22)28-16-17(29-12(23)7-2)19(30-13(24)8-3)21(32-15(26)10-5)33-18(16)20(27)31-14(25)9-4/h16-19,21H,6-10H2,1-5H3/t16-,17-,18-,19+,21?/m0/s1. The van der Waals surface area contributed by atoms with Crippen LogP contribution in [-0.4, -0.2) is 66.5 Å². The molecular formula is C21H30O12. The van der Waals surface area contributed by atoms with Crippen LogP contribution >= 0.6 is 0 Å². The van der Waals surface area contributed by atoms with Gasteiger partial charge in [0.2, 0.25) is 12.4 Å². The second-order valence-corrected chi connectivity index (χ2v) is 6.84. The van der Waals surface area contributed by atoms with E-state index in [1.54, 1.807) is 0 Å². The third-order valence-electron chi connectivity index (χ3n) is 4.44. The monoisotopic (exact) mass is 474 g/mol. The smallest absolute Gasteiger partial charge is 0.347 e. The van der Waals surface area contributed by atoms with E-state index in [0.29, 0.717) is 0 Å². The molecule has 1 unspecified atom stereocenters. The van der Waals surface area contributed by atoms with Gasteiger partial charge < -0.3 is 28.4 Å². The highest BCUT2D eigenvalue weighted by atomic mass is 16.8. The van der Waals surface area contributed by atoms with E-state index in [0.717, 1.165) is 0 Å². The molecule has 0 bridgehead atoms. The topological polar surface area (TPSA) is 158 Å². The average molecular weight is 474 g/mol. The first kappa shape index (κ1) is 28.0. The molecule has 0 amide bonds. The first-order valence-corrected chi connectivity index (χ1v) is 10.8. The fraction of sp³-hybridized carbons (Fsp3) is 0.714. The van der Waals surface area contributed by atoms with Gasteiger partial charge in [-0.15, -0.1) is 0 Å². The third kappa shape index (κ3) is 8.12. The predicted molar refractivity (Wildman–Crippen MR) is 107 cm³/mol. The molecule has 186 valence electrons. The van der Waals surface area contributed by atoms with Gasteiger partial charge in [0, 0.05) is 32.1 Å². The fourth-order valence-corrected chi connectivity index (χ4v) is 2.64. The number of ether oxygens (including phenoxy) is 6. The van der Waals surface area contributed by atoms with Gasteiger partial charge in [0.15, 0.2) is 18.3 Å². The van der Waals surface area contributed by atoms with Gasteiger partial charge in [-0.05, 0) is 0 Å². The lowest BCUT2D eigenvalue weighted by atomic mass is 9.97. The zero-order valence-corrected chi connectivity index (χ0v) is 19.3. The van der Waals surface area contributed by atoms with Crippen LogP contribution in [0.15, 0.2) is 0 Å². The summed E-state index contributed by atoms with van der Waals surface area (Å²) < 4.78 is 31.3. The minimum atomic E-state index is -1.82. The normalized spacial score (nSPS) is 24.2. The Labute approximate surface area is 191 Å². The van der Waals surface area contributed by atoms with Crippen molar-refractivity contribution in [3.8, 4) is 0 Å². The molecule has 0 aliphatic carbocycles. The van der Waals surface area contributed by atoms with Crippen LogP contribution in [0.3, 0.4) is 0 Å². The number of hydrogen-bond donors (Lipinski definition) is 0. The average Bonchev–Trinajstić information content (AvgIpc) is 2.81. The van der Waals surface area contributed by atoms with Crippen LogP contribution in [0.5, 0.6) is 0 Å². The van der Waals surface area contributed by atoms with Gasteiger partial charge in [-0.25, -0.2) is 4.79 Å². The van der Waals surface area contributed by atoms with Crippen LogP contribution in [0.2, 0.25) is 0 Å². The molecule has 0 aromatic heterocycles. The first-order valence-electron chi connectivity index (χ1n) is 10.8. The molecule has 1 rings (SSSR count). The van der Waals surface area contributed by atoms with Gasteiger partial charge in [0.05, 0.1) is 0 Å². The number of carbonyl (C=O) groups is 6. The summed E-state index contributed by atoms with van der Waals surface area (Å²) in [5.41, 5.74) is 0. The molecule has 1 heterocycles. The number of rotatable bonds is 10. The summed E-state index contributed by atoms with van der Waals surface area (Å²) in [6.45, 7) is 7.40. The first-order chi connectivity index (χ1) is 15.6. The summed E-state index contributed by atoms with van der Waals surface area (Å²) in [5.74, 6) is -5.28. The second kappa shape index (κ2) is 13.5. The highest BCUT2D eigenvalue weighted by Gasteiger charge is 2.56. The van der Waals surface area contributed by atoms with Crippen LogP contribution in [0, 0.1) is 0 Å². The van der Waals surface area contributed by atoms with Gasteiger partial charge in [-0.3, -0.25) is 24.0 Å². The SMILES string of the molecule is CCC(=O)OC(=O)[C@H]1OC(OC(=O)CC)[C@H](OC(=O)CC)[C@@H](OC(=O)CC)[C@@H]1OC(=O)CC. The van der Waals surface area contributed by atoms with Crippen molar-refractivity contribution in [2.24, 2.45) is 0 Å². The molecule has 0 radical (unpaired) electrons. The Hall–Kier alpha value is -3.02. The van der Waals surface area contributed by atoms with Gasteiger partial charge in [-0.1, -0.05) is 34.6 Å². The molecule has 1 fully saturated rings. The van der Waals surface area contributed by atoms with E-state index >= 15 is 0 Å². The van der Waals surface area contributed by atoms with Crippen molar-refractivity contribution in [1.82, 2.24) is 0 Å². The van der Waals surface area contributed by atoms with E-state index in [-0.39, 0.29) is 32.1 Å². The van der Waals surface area contributed by atoms with Crippen molar-refractivity contribution in [2.75, 3.05) is 0 Å². The van der Waals surface area contributed by atoms with Gasteiger partial charge in [0.1, 0.15) is 0 Å². The Morgan fingerprint density at radius 3 is 1.39 bits per heavy atom. The molecule has 0 saturated carbocycles. The number of hydrogen-bond acceptors (Lipinski definition) is 12. The molecule has 0 aromatic carbocycles. The van der Waals surface area contributed by atoms with Crippen LogP contribution < -0.4 is 0 Å². The summed E-state index contributed by atoms with van der Waals surface area (Å²) in [7, 11) is 0. The van der Waals surface area contributed by atoms with E-state index in [1.807, 2.05) is 0 Å². The largest absolute Gasteiger partial charge is 0.455 e. The Morgan fingerprint density at radius 1 is 0.545 bits per heavy atom. The van der Waals surface area contributed by atoms with E-state index < -0.39 is 66.5 Å². The zero-order valence-electron chi connectivity index (χ0n) is 19.3. The molecular weight excluding hydrogens is 444 g/mol. The summed E-state index contributed by atoms with van der Waals surface area (Å²) >= 11 is 0. The zero-order chi connectivity index (χ0) is 25.1. The summed E-state index contributed by atoms with van der Waals surface area (Å²) in [5, 5.41) is 0. The van der Waals surface area contributed by atoms with Crippen molar-refractivity contribution in [3.05, 3.63) is 0 Å². The van der Waals surface area contributed by atoms with E-state index in [2.05, 4.69) is 0 Å². The summed E-state index contributed by atoms with van der Waals surface area (Å²) in [6, 6.07) is 0. The highest BCUT2D eigenvalue weighted by Crippen LogP contribution is 2.31. The van der Waals surface area contributed by atoms with E-state index in [1.165, 1.54) is 34.6 Å². The van der Waals surface area contributed by atoms with Crippen molar-refractivity contribution < 1.29 is 57.2 Å². The fourth-order valence-electron chi connectivity index (χ4n) is 2.64. The molecule has 0 N–H and O–H groups in total. The molecule has 12 heteroatoms. The van der Waals surface area contributed by atoms with E-state index in [4.69, 9.17) is 28.4 Å². The minimum absolute atomic E-state index is 0.0880. The number of carbonyl (C=O) groups excluding carboxylic acids is 6. The summed E-state index contributed by atoms with van der Waals surface area (Å²) in [4.78, 5) is 72.6. The molecule has 1 aliphatic heterocycles. The van der Waals surface area contributed by atoms with Gasteiger partial charge in [-0.2, -0.15) is 0 Å². The van der Waals surface area contributed by atoms with Crippen LogP contribution in [0.4, 0.5) is 0 Å². The maximum atomic E-state index is 12.7. The quantitative estimate of drug-likeness (QED) is 0.253. The lowest BCUT2D eigenvalue weighted by molar-refractivity contribution is -0.295. The maximum absolute atomic E-state index is 12.7. The lowest BCUT2D eigenvalue weighted by Crippen LogP contribution is -2.64. The Kier molecular flexibility index (Phi) is 11.5. The van der Waals surface area contributed by atoms with Crippen LogP contribution in [-0.2, 0) is 57.2 Å². The lowest BCUT2D eigenvalue weighted by Gasteiger charge is -2.43. The molecule has 1 saturated heterocycles. The van der Waals surface area contributed by atoms with Crippen molar-refractivity contribution in [1.29, 1.82) is 0 Å². The minimum Gasteiger partial charge on any atom is -0.455 e. The Balaban J connectivity index is 3.52.